The van der Waals surface area contributed by atoms with Crippen LogP contribution < -0.4 is 5.32 Å². The van der Waals surface area contributed by atoms with Gasteiger partial charge in [-0.15, -0.1) is 10.8 Å². The van der Waals surface area contributed by atoms with Crippen molar-refractivity contribution in [1.82, 2.24) is 5.32 Å². The first-order chi connectivity index (χ1) is 8.92. The van der Waals surface area contributed by atoms with Crippen LogP contribution in [0.4, 0.5) is 0 Å². The van der Waals surface area contributed by atoms with Gasteiger partial charge in [0.15, 0.2) is 0 Å². The minimum atomic E-state index is -0.566. The van der Waals surface area contributed by atoms with Crippen LogP contribution in [0.25, 0.3) is 5.73 Å². The molecular formula is C10H16N3O3S2WY-3. The van der Waals surface area contributed by atoms with Crippen molar-refractivity contribution in [1.29, 1.82) is 0 Å². The molecular weight excluding hydrogens is 547 g/mol. The summed E-state index contributed by atoms with van der Waals surface area (Å²) in [6.07, 6.45) is 5.30. The monoisotopic (exact) mass is 563 g/mol. The summed E-state index contributed by atoms with van der Waals surface area (Å²) in [4.78, 5) is 31.0. The second-order valence-electron chi connectivity index (χ2n) is 3.21. The maximum atomic E-state index is 10.6. The van der Waals surface area contributed by atoms with Crippen molar-refractivity contribution < 1.29 is 66.7 Å². The van der Waals surface area contributed by atoms with Gasteiger partial charge >= 0.3 is 69.7 Å². The summed E-state index contributed by atoms with van der Waals surface area (Å²) in [5, 5.41) is 2.62. The van der Waals surface area contributed by atoms with Gasteiger partial charge in [-0.25, -0.2) is 0 Å². The molecule has 10 heteroatoms. The zero-order valence-corrected chi connectivity index (χ0v) is 18.7. The largest absolute Gasteiger partial charge is 0.668 e. The predicted octanol–water partition coefficient (Wildman–Crippen LogP) is 1.50. The normalized spacial score (nSPS) is 12.0. The van der Waals surface area contributed by atoms with Crippen LogP contribution in [-0.2, 0) is 66.7 Å². The third kappa shape index (κ3) is 17.3. The Labute approximate surface area is 163 Å². The molecule has 0 aliphatic rings. The molecule has 0 aliphatic heterocycles. The number of carbonyl (C=O) groups is 2. The van der Waals surface area contributed by atoms with Crippen molar-refractivity contribution in [3.8, 4) is 0 Å². The van der Waals surface area contributed by atoms with Crippen molar-refractivity contribution in [2.75, 3.05) is 12.8 Å². The number of nitrogens with zero attached hydrogens (tertiary/aromatic N) is 1. The Balaban J connectivity index is -0.000000277. The van der Waals surface area contributed by atoms with Gasteiger partial charge in [-0.1, -0.05) is 6.04 Å². The summed E-state index contributed by atoms with van der Waals surface area (Å²) < 4.78 is 3.45. The molecule has 1 amide bonds. The molecule has 113 valence electrons. The Kier molecular flexibility index (Phi) is 23.9. The van der Waals surface area contributed by atoms with Crippen LogP contribution >= 0.6 is 21.6 Å². The van der Waals surface area contributed by atoms with E-state index in [1.807, 2.05) is 0 Å². The fourth-order valence-electron chi connectivity index (χ4n) is 0.648. The Morgan fingerprint density at radius 1 is 1.55 bits per heavy atom. The van der Waals surface area contributed by atoms with E-state index in [0.717, 1.165) is 19.6 Å². The number of ketones is 1. The maximum Gasteiger partial charge on any atom is 0.113 e. The van der Waals surface area contributed by atoms with Crippen LogP contribution in [0.2, 0.25) is 0 Å². The SMILES string of the molecule is CNC([C-]=O)CC(=O)[N]=[W].[CH2-]SSCC([NH-])C(C)=O.[Y]. The van der Waals surface area contributed by atoms with Crippen LogP contribution in [0.5, 0.6) is 0 Å². The Morgan fingerprint density at radius 2 is 2.10 bits per heavy atom. The van der Waals surface area contributed by atoms with Crippen molar-refractivity contribution in [3.63, 3.8) is 0 Å². The maximum absolute atomic E-state index is 10.6. The molecule has 0 heterocycles. The summed E-state index contributed by atoms with van der Waals surface area (Å²) in [5.41, 5.74) is 7.12. The Bertz CT molecular complexity index is 311. The van der Waals surface area contributed by atoms with Gasteiger partial charge in [-0.2, -0.15) is 0 Å². The zero-order chi connectivity index (χ0) is 15.3. The predicted molar refractivity (Wildman–Crippen MR) is 74.8 cm³/mol. The molecule has 0 bridgehead atoms. The summed E-state index contributed by atoms with van der Waals surface area (Å²) in [5.74, 6) is 0.220. The van der Waals surface area contributed by atoms with E-state index < -0.39 is 12.1 Å². The van der Waals surface area contributed by atoms with Gasteiger partial charge in [0.1, 0.15) is 5.78 Å². The van der Waals surface area contributed by atoms with Gasteiger partial charge in [0, 0.05) is 32.7 Å². The van der Waals surface area contributed by atoms with Gasteiger partial charge in [0.25, 0.3) is 0 Å². The third-order valence-electron chi connectivity index (χ3n) is 1.78. The van der Waals surface area contributed by atoms with Gasteiger partial charge < -0.3 is 10.5 Å². The summed E-state index contributed by atoms with van der Waals surface area (Å²) in [6, 6.07) is -1.07. The van der Waals surface area contributed by atoms with Crippen molar-refractivity contribution in [2.45, 2.75) is 25.4 Å². The first-order valence-electron chi connectivity index (χ1n) is 5.09. The second-order valence-corrected chi connectivity index (χ2v) is 6.09. The van der Waals surface area contributed by atoms with E-state index in [-0.39, 0.29) is 50.8 Å². The minimum absolute atomic E-state index is 0. The molecule has 0 saturated carbocycles. The number of Topliss-reactive ketones (excluding diaryl/α,β-unsaturated/α-hetero) is 1. The molecule has 0 fully saturated rings. The molecule has 0 aliphatic carbocycles. The van der Waals surface area contributed by atoms with Crippen molar-refractivity contribution >= 4 is 39.6 Å². The summed E-state index contributed by atoms with van der Waals surface area (Å²) in [7, 11) is 4.39. The van der Waals surface area contributed by atoms with E-state index in [0.29, 0.717) is 5.75 Å². The fraction of sp³-hybridized carbons (Fsp3) is 0.600. The molecule has 2 atom stereocenters. The molecule has 0 rings (SSSR count). The van der Waals surface area contributed by atoms with E-state index in [9.17, 15) is 14.4 Å². The number of hydrogen-bond donors (Lipinski definition) is 1. The van der Waals surface area contributed by atoms with Crippen molar-refractivity contribution in [3.05, 3.63) is 12.0 Å². The van der Waals surface area contributed by atoms with Crippen LogP contribution in [0.1, 0.15) is 13.3 Å². The Morgan fingerprint density at radius 3 is 2.40 bits per heavy atom. The molecule has 0 aromatic rings. The molecule has 0 saturated heterocycles. The van der Waals surface area contributed by atoms with E-state index in [1.54, 1.807) is 13.3 Å². The topological polar surface area (TPSA) is 99.4 Å². The average molecular weight is 563 g/mol. The molecule has 0 aromatic carbocycles. The molecule has 0 aromatic heterocycles. The minimum Gasteiger partial charge on any atom is -0.668 e. The molecule has 0 spiro atoms. The number of rotatable bonds is 8. The number of likely N-dealkylation sites (N-methyl/N-ethyl adjacent to an activating group) is 1. The number of hydrogen-bond acceptors (Lipinski definition) is 6. The van der Waals surface area contributed by atoms with Gasteiger partial charge in [-0.05, 0) is 12.7 Å². The van der Waals surface area contributed by atoms with E-state index in [2.05, 4.69) is 15.1 Å². The smallest absolute Gasteiger partial charge is 0.113 e. The zero-order valence-electron chi connectivity index (χ0n) is 11.3. The van der Waals surface area contributed by atoms with Gasteiger partial charge in [0.05, 0.1) is 0 Å². The van der Waals surface area contributed by atoms with Crippen LogP contribution in [-0.4, -0.2) is 42.9 Å². The number of nitrogens with one attached hydrogen (secondary N) is 2. The number of carbonyl (C=O) groups excluding carboxylic acids is 3. The van der Waals surface area contributed by atoms with E-state index >= 15 is 0 Å². The van der Waals surface area contributed by atoms with Crippen LogP contribution in [0.3, 0.4) is 0 Å². The van der Waals surface area contributed by atoms with Crippen molar-refractivity contribution in [2.24, 2.45) is 3.50 Å². The quantitative estimate of drug-likeness (QED) is 0.355. The summed E-state index contributed by atoms with van der Waals surface area (Å²) in [6.45, 7) is 1.44. The third-order valence-corrected chi connectivity index (χ3v) is 4.06. The van der Waals surface area contributed by atoms with Crippen LogP contribution in [0, 0.1) is 6.26 Å². The molecule has 1 radical (unpaired) electrons. The Hall–Kier alpha value is 1.22. The van der Waals surface area contributed by atoms with Gasteiger partial charge in [0.2, 0.25) is 0 Å². The molecule has 2 unspecified atom stereocenters. The first-order valence-corrected chi connectivity index (χ1v) is 8.89. The molecule has 6 nitrogen and oxygen atoms in total. The molecule has 20 heavy (non-hydrogen) atoms. The first kappa shape index (κ1) is 26.1. The van der Waals surface area contributed by atoms with E-state index in [4.69, 9.17) is 5.73 Å². The van der Waals surface area contributed by atoms with Gasteiger partial charge in [-0.3, -0.25) is 17.0 Å². The average Bonchev–Trinajstić information content (AvgIpc) is 2.42. The standard InChI is InChI=1S/C5H7N2O2.C5H9NOS2.W.Y/c1-7-4(3-8)2-5(6)9;1-4(7)5(6)3-9-8-2;;/h4,7H,2H2,1H3;5-6H,2-3H2,1H3;;/q-1;-2;;. The second kappa shape index (κ2) is 18.3. The molecule has 2 N–H and O–H groups in total. The van der Waals surface area contributed by atoms with Crippen LogP contribution in [0.15, 0.2) is 3.50 Å². The number of amides is 1. The summed E-state index contributed by atoms with van der Waals surface area (Å²) >= 11 is 0.862. The van der Waals surface area contributed by atoms with E-state index in [1.165, 1.54) is 28.5 Å². The fourth-order valence-corrected chi connectivity index (χ4v) is 2.08.